The SMILES string of the molecule is COc1c(C)ccc(Nc2nc(=O)c(OC)cn2Cc2ccc(F)c(Cl)c2)c1C. The Morgan fingerprint density at radius 1 is 1.17 bits per heavy atom. The van der Waals surface area contributed by atoms with Crippen LogP contribution in [0.1, 0.15) is 16.7 Å². The van der Waals surface area contributed by atoms with Crippen LogP contribution in [-0.2, 0) is 6.54 Å². The van der Waals surface area contributed by atoms with Crippen LogP contribution < -0.4 is 20.3 Å². The van der Waals surface area contributed by atoms with Crippen LogP contribution in [0.4, 0.5) is 16.0 Å². The first-order valence-corrected chi connectivity index (χ1v) is 9.22. The zero-order valence-corrected chi connectivity index (χ0v) is 17.3. The van der Waals surface area contributed by atoms with Crippen LogP contribution >= 0.6 is 11.6 Å². The van der Waals surface area contributed by atoms with Crippen molar-refractivity contribution in [3.05, 3.63) is 74.4 Å². The van der Waals surface area contributed by atoms with Gasteiger partial charge >= 0.3 is 5.56 Å². The van der Waals surface area contributed by atoms with Gasteiger partial charge in [0.1, 0.15) is 11.6 Å². The van der Waals surface area contributed by atoms with Crippen molar-refractivity contribution in [2.45, 2.75) is 20.4 Å². The Balaban J connectivity index is 2.05. The molecule has 0 saturated carbocycles. The molecule has 0 atom stereocenters. The molecule has 8 heteroatoms. The number of hydrogen-bond acceptors (Lipinski definition) is 5. The summed E-state index contributed by atoms with van der Waals surface area (Å²) < 4.78 is 25.8. The predicted octanol–water partition coefficient (Wildman–Crippen LogP) is 4.46. The van der Waals surface area contributed by atoms with Crippen molar-refractivity contribution < 1.29 is 13.9 Å². The highest BCUT2D eigenvalue weighted by atomic mass is 35.5. The normalized spacial score (nSPS) is 10.7. The average molecular weight is 418 g/mol. The van der Waals surface area contributed by atoms with E-state index in [9.17, 15) is 9.18 Å². The predicted molar refractivity (Wildman–Crippen MR) is 111 cm³/mol. The minimum absolute atomic E-state index is 0.0251. The second-order valence-corrected chi connectivity index (χ2v) is 6.93. The Morgan fingerprint density at radius 2 is 1.93 bits per heavy atom. The third-order valence-corrected chi connectivity index (χ3v) is 4.86. The fourth-order valence-electron chi connectivity index (χ4n) is 3.07. The molecule has 152 valence electrons. The van der Waals surface area contributed by atoms with Crippen LogP contribution in [-0.4, -0.2) is 23.8 Å². The largest absolute Gasteiger partial charge is 0.496 e. The Hall–Kier alpha value is -3.06. The minimum Gasteiger partial charge on any atom is -0.496 e. The maximum absolute atomic E-state index is 13.5. The van der Waals surface area contributed by atoms with E-state index in [-0.39, 0.29) is 10.8 Å². The van der Waals surface area contributed by atoms with E-state index < -0.39 is 11.4 Å². The first-order valence-electron chi connectivity index (χ1n) is 8.84. The first-order chi connectivity index (χ1) is 13.8. The molecule has 1 N–H and O–H groups in total. The van der Waals surface area contributed by atoms with Gasteiger partial charge in [0.05, 0.1) is 32.0 Å². The van der Waals surface area contributed by atoms with Gasteiger partial charge in [-0.1, -0.05) is 23.7 Å². The highest BCUT2D eigenvalue weighted by Crippen LogP contribution is 2.31. The molecule has 0 fully saturated rings. The summed E-state index contributed by atoms with van der Waals surface area (Å²) in [6, 6.07) is 8.26. The molecule has 1 aromatic heterocycles. The topological polar surface area (TPSA) is 65.4 Å². The average Bonchev–Trinajstić information content (AvgIpc) is 2.69. The molecule has 0 bridgehead atoms. The van der Waals surface area contributed by atoms with Gasteiger partial charge in [-0.05, 0) is 43.2 Å². The van der Waals surface area contributed by atoms with Gasteiger partial charge in [-0.25, -0.2) is 4.39 Å². The van der Waals surface area contributed by atoms with Crippen LogP contribution in [0, 0.1) is 19.7 Å². The van der Waals surface area contributed by atoms with Crippen molar-refractivity contribution >= 4 is 23.2 Å². The Morgan fingerprint density at radius 3 is 2.59 bits per heavy atom. The molecule has 6 nitrogen and oxygen atoms in total. The number of aromatic nitrogens is 2. The summed E-state index contributed by atoms with van der Waals surface area (Å²) in [5.41, 5.74) is 2.87. The minimum atomic E-state index is -0.500. The Kier molecular flexibility index (Phi) is 6.08. The van der Waals surface area contributed by atoms with E-state index in [0.717, 1.165) is 28.1 Å². The van der Waals surface area contributed by atoms with Crippen LogP contribution in [0.15, 0.2) is 41.3 Å². The van der Waals surface area contributed by atoms with E-state index >= 15 is 0 Å². The van der Waals surface area contributed by atoms with Crippen molar-refractivity contribution in [2.24, 2.45) is 0 Å². The lowest BCUT2D eigenvalue weighted by Gasteiger charge is -2.18. The highest BCUT2D eigenvalue weighted by molar-refractivity contribution is 6.30. The number of rotatable bonds is 6. The quantitative estimate of drug-likeness (QED) is 0.641. The van der Waals surface area contributed by atoms with Gasteiger partial charge in [0.25, 0.3) is 0 Å². The summed E-state index contributed by atoms with van der Waals surface area (Å²) in [4.78, 5) is 16.4. The molecule has 0 unspecified atom stereocenters. The first kappa shape index (κ1) is 20.7. The lowest BCUT2D eigenvalue weighted by molar-refractivity contribution is 0.402. The molecule has 2 aromatic carbocycles. The molecule has 0 aliphatic rings. The van der Waals surface area contributed by atoms with E-state index in [1.165, 1.54) is 19.2 Å². The molecular weight excluding hydrogens is 397 g/mol. The third-order valence-electron chi connectivity index (χ3n) is 4.57. The number of nitrogens with one attached hydrogen (secondary N) is 1. The molecule has 0 spiro atoms. The van der Waals surface area contributed by atoms with Crippen LogP contribution in [0.2, 0.25) is 5.02 Å². The molecule has 0 aliphatic heterocycles. The van der Waals surface area contributed by atoms with Gasteiger partial charge in [-0.15, -0.1) is 0 Å². The van der Waals surface area contributed by atoms with E-state index in [4.69, 9.17) is 21.1 Å². The summed E-state index contributed by atoms with van der Waals surface area (Å²) in [5, 5.41) is 3.22. The number of ether oxygens (including phenoxy) is 2. The van der Waals surface area contributed by atoms with Crippen molar-refractivity contribution in [3.63, 3.8) is 0 Å². The summed E-state index contributed by atoms with van der Waals surface area (Å²) in [6.07, 6.45) is 1.55. The van der Waals surface area contributed by atoms with Crippen LogP contribution in [0.3, 0.4) is 0 Å². The van der Waals surface area contributed by atoms with Crippen molar-refractivity contribution in [1.29, 1.82) is 0 Å². The second-order valence-electron chi connectivity index (χ2n) is 6.53. The monoisotopic (exact) mass is 417 g/mol. The van der Waals surface area contributed by atoms with Crippen LogP contribution in [0.25, 0.3) is 0 Å². The van der Waals surface area contributed by atoms with Crippen molar-refractivity contribution in [3.8, 4) is 11.5 Å². The number of methoxy groups -OCH3 is 2. The number of halogens is 2. The Bertz CT molecular complexity index is 1120. The van der Waals surface area contributed by atoms with E-state index in [0.29, 0.717) is 12.5 Å². The summed E-state index contributed by atoms with van der Waals surface area (Å²) in [5.74, 6) is 0.668. The molecule has 0 amide bonds. The molecule has 0 radical (unpaired) electrons. The zero-order valence-electron chi connectivity index (χ0n) is 16.5. The Labute approximate surface area is 172 Å². The molecule has 0 aliphatic carbocycles. The number of nitrogens with zero attached hydrogens (tertiary/aromatic N) is 2. The molecule has 0 saturated heterocycles. The van der Waals surface area contributed by atoms with Gasteiger partial charge in [0.2, 0.25) is 11.7 Å². The third kappa shape index (κ3) is 4.35. The molecule has 3 rings (SSSR count). The van der Waals surface area contributed by atoms with Gasteiger partial charge in [-0.2, -0.15) is 4.98 Å². The van der Waals surface area contributed by atoms with E-state index in [1.54, 1.807) is 23.9 Å². The number of benzene rings is 2. The van der Waals surface area contributed by atoms with Gasteiger partial charge < -0.3 is 19.4 Å². The van der Waals surface area contributed by atoms with E-state index in [1.807, 2.05) is 26.0 Å². The number of anilines is 2. The number of aryl methyl sites for hydroxylation is 1. The maximum atomic E-state index is 13.5. The maximum Gasteiger partial charge on any atom is 0.316 e. The fourth-order valence-corrected chi connectivity index (χ4v) is 3.27. The van der Waals surface area contributed by atoms with Gasteiger partial charge in [0.15, 0.2) is 0 Å². The van der Waals surface area contributed by atoms with Crippen LogP contribution in [0.5, 0.6) is 11.5 Å². The fraction of sp³-hybridized carbons (Fsp3) is 0.238. The summed E-state index contributed by atoms with van der Waals surface area (Å²) in [7, 11) is 3.01. The van der Waals surface area contributed by atoms with Crippen molar-refractivity contribution in [2.75, 3.05) is 19.5 Å². The smallest absolute Gasteiger partial charge is 0.316 e. The van der Waals surface area contributed by atoms with Gasteiger partial charge in [0, 0.05) is 11.3 Å². The van der Waals surface area contributed by atoms with Crippen molar-refractivity contribution in [1.82, 2.24) is 9.55 Å². The standard InChI is InChI=1S/C21H21ClFN3O3/c1-12-5-8-17(13(2)19(12)29-4)24-21-25-20(27)18(28-3)11-26(21)10-14-6-7-16(23)15(22)9-14/h5-9,11H,10H2,1-4H3,(H,24,25,27). The highest BCUT2D eigenvalue weighted by Gasteiger charge is 2.14. The second kappa shape index (κ2) is 8.53. The molecule has 29 heavy (non-hydrogen) atoms. The summed E-state index contributed by atoms with van der Waals surface area (Å²) >= 11 is 5.90. The lowest BCUT2D eigenvalue weighted by atomic mass is 10.1. The molecular formula is C21H21ClFN3O3. The molecule has 1 heterocycles. The summed E-state index contributed by atoms with van der Waals surface area (Å²) in [6.45, 7) is 4.17. The zero-order chi connectivity index (χ0) is 21.1. The van der Waals surface area contributed by atoms with E-state index in [2.05, 4.69) is 10.3 Å². The molecule has 3 aromatic rings. The number of hydrogen-bond donors (Lipinski definition) is 1. The van der Waals surface area contributed by atoms with Gasteiger partial charge in [-0.3, -0.25) is 4.79 Å². The lowest BCUT2D eigenvalue weighted by Crippen LogP contribution is -2.19.